The van der Waals surface area contributed by atoms with Crippen molar-refractivity contribution < 1.29 is 34.8 Å². The lowest BCUT2D eigenvalue weighted by Crippen LogP contribution is -2.63. The van der Waals surface area contributed by atoms with Gasteiger partial charge in [0.25, 0.3) is 5.91 Å². The maximum atomic E-state index is 12.4. The van der Waals surface area contributed by atoms with Gasteiger partial charge in [-0.2, -0.15) is 0 Å². The third-order valence-corrected chi connectivity index (χ3v) is 6.36. The number of rotatable bonds is 8. The number of β-lactam (4-membered cyclic amide) rings is 1. The van der Waals surface area contributed by atoms with Crippen molar-refractivity contribution in [3.05, 3.63) is 34.0 Å². The Hall–Kier alpha value is -2.82. The molecule has 0 radical (unpaired) electrons. The van der Waals surface area contributed by atoms with Crippen molar-refractivity contribution in [1.29, 1.82) is 0 Å². The zero-order valence-electron chi connectivity index (χ0n) is 17.9. The molecule has 10 nitrogen and oxygen atoms in total. The fourth-order valence-corrected chi connectivity index (χ4v) is 4.65. The van der Waals surface area contributed by atoms with E-state index in [4.69, 9.17) is 11.6 Å². The summed E-state index contributed by atoms with van der Waals surface area (Å²) in [5.41, 5.74) is 0.572. The molecule has 174 valence electrons. The number of likely N-dealkylation sites (N-methyl/N-ethyl adjacent to an activating group) is 1. The molecule has 0 bridgehead atoms. The molecule has 2 heterocycles. The first kappa shape index (κ1) is 23.8. The second kappa shape index (κ2) is 8.97. The highest BCUT2D eigenvalue weighted by Crippen LogP contribution is 2.47. The van der Waals surface area contributed by atoms with Crippen LogP contribution in [-0.4, -0.2) is 86.8 Å². The molecule has 1 unspecified atom stereocenters. The van der Waals surface area contributed by atoms with E-state index in [1.54, 1.807) is 7.05 Å². The second-order valence-electron chi connectivity index (χ2n) is 8.25. The molecular weight excluding hydrogens is 442 g/mol. The number of carboxylic acids is 1. The minimum absolute atomic E-state index is 0.0101. The smallest absolute Gasteiger partial charge is 0.352 e. The standard InChI is InChI=1S/C21H26ClN3O7/c1-9-12(18(21(31)32)25-17(9)16(10(2)26)20(25)30)8-24(3)5-4-23-19(29)11-6-14(27)15(28)7-13(11)22/h6-7,9-10,16-17,26-28H,4-5,8H2,1-3H3,(H,23,29)(H,31,32)/t9-,10+,16+,17?/m0/s1. The quantitative estimate of drug-likeness (QED) is 0.275. The molecule has 11 heteroatoms. The van der Waals surface area contributed by atoms with Crippen molar-refractivity contribution in [2.45, 2.75) is 26.0 Å². The van der Waals surface area contributed by atoms with E-state index in [0.717, 1.165) is 12.1 Å². The number of aliphatic carboxylic acids is 1. The van der Waals surface area contributed by atoms with Crippen LogP contribution in [0.25, 0.3) is 0 Å². The van der Waals surface area contributed by atoms with Crippen LogP contribution in [0, 0.1) is 11.8 Å². The largest absolute Gasteiger partial charge is 0.504 e. The molecule has 32 heavy (non-hydrogen) atoms. The molecule has 1 aromatic carbocycles. The summed E-state index contributed by atoms with van der Waals surface area (Å²) in [6, 6.07) is 1.77. The number of halogens is 1. The Balaban J connectivity index is 1.63. The lowest BCUT2D eigenvalue weighted by molar-refractivity contribution is -0.163. The highest BCUT2D eigenvalue weighted by Gasteiger charge is 2.59. The number of amides is 2. The average molecular weight is 468 g/mol. The first-order valence-electron chi connectivity index (χ1n) is 10.1. The highest BCUT2D eigenvalue weighted by atomic mass is 35.5. The van der Waals surface area contributed by atoms with E-state index < -0.39 is 35.4 Å². The molecule has 3 rings (SSSR count). The van der Waals surface area contributed by atoms with Gasteiger partial charge in [-0.15, -0.1) is 0 Å². The number of carbonyl (C=O) groups is 3. The first-order chi connectivity index (χ1) is 15.0. The van der Waals surface area contributed by atoms with E-state index in [2.05, 4.69) is 5.32 Å². The van der Waals surface area contributed by atoms with Crippen LogP contribution in [0.15, 0.2) is 23.4 Å². The third kappa shape index (κ3) is 4.13. The first-order valence-corrected chi connectivity index (χ1v) is 10.5. The molecule has 2 aliphatic rings. The summed E-state index contributed by atoms with van der Waals surface area (Å²) < 4.78 is 0. The fourth-order valence-electron chi connectivity index (χ4n) is 4.40. The number of benzene rings is 1. The van der Waals surface area contributed by atoms with Crippen LogP contribution in [0.2, 0.25) is 5.02 Å². The molecule has 0 saturated carbocycles. The number of carbonyl (C=O) groups excluding carboxylic acids is 2. The van der Waals surface area contributed by atoms with Gasteiger partial charge in [-0.25, -0.2) is 4.79 Å². The van der Waals surface area contributed by atoms with Gasteiger partial charge in [0.1, 0.15) is 5.70 Å². The lowest BCUT2D eigenvalue weighted by Gasteiger charge is -2.46. The van der Waals surface area contributed by atoms with Gasteiger partial charge in [0.15, 0.2) is 11.5 Å². The number of aliphatic hydroxyl groups excluding tert-OH is 1. The van der Waals surface area contributed by atoms with Gasteiger partial charge in [-0.1, -0.05) is 18.5 Å². The fraction of sp³-hybridized carbons (Fsp3) is 0.476. The molecule has 5 N–H and O–H groups in total. The van der Waals surface area contributed by atoms with Gasteiger partial charge in [0.05, 0.1) is 28.6 Å². The van der Waals surface area contributed by atoms with Crippen molar-refractivity contribution in [3.8, 4) is 11.5 Å². The summed E-state index contributed by atoms with van der Waals surface area (Å²) in [5, 5.41) is 41.2. The van der Waals surface area contributed by atoms with Gasteiger partial charge in [-0.05, 0) is 25.6 Å². The number of hydrogen-bond acceptors (Lipinski definition) is 7. The Morgan fingerprint density at radius 1 is 1.28 bits per heavy atom. The Labute approximate surface area is 189 Å². The van der Waals surface area contributed by atoms with Crippen LogP contribution in [0.4, 0.5) is 0 Å². The van der Waals surface area contributed by atoms with E-state index in [9.17, 15) is 34.8 Å². The summed E-state index contributed by atoms with van der Waals surface area (Å²) in [5.74, 6) is -3.84. The number of carboxylic acid groups (broad SMARTS) is 1. The van der Waals surface area contributed by atoms with E-state index in [-0.39, 0.29) is 47.2 Å². The summed E-state index contributed by atoms with van der Waals surface area (Å²) in [4.78, 5) is 39.7. The van der Waals surface area contributed by atoms with Crippen molar-refractivity contribution in [2.75, 3.05) is 26.7 Å². The molecule has 2 aliphatic heterocycles. The normalized spacial score (nSPS) is 23.2. The molecular formula is C21H26ClN3O7. The summed E-state index contributed by atoms with van der Waals surface area (Å²) in [7, 11) is 1.76. The minimum atomic E-state index is -1.18. The second-order valence-corrected chi connectivity index (χ2v) is 8.65. The van der Waals surface area contributed by atoms with E-state index >= 15 is 0 Å². The summed E-state index contributed by atoms with van der Waals surface area (Å²) in [6.07, 6.45) is -0.861. The number of aromatic hydroxyl groups is 2. The molecule has 0 spiro atoms. The van der Waals surface area contributed by atoms with E-state index in [0.29, 0.717) is 12.1 Å². The van der Waals surface area contributed by atoms with Crippen LogP contribution in [0.3, 0.4) is 0 Å². The molecule has 1 aromatic rings. The number of phenols is 2. The molecule has 2 amide bonds. The zero-order chi connectivity index (χ0) is 23.9. The Kier molecular flexibility index (Phi) is 6.68. The predicted molar refractivity (Wildman–Crippen MR) is 114 cm³/mol. The van der Waals surface area contributed by atoms with Crippen molar-refractivity contribution in [3.63, 3.8) is 0 Å². The number of nitrogens with zero attached hydrogens (tertiary/aromatic N) is 2. The van der Waals surface area contributed by atoms with Crippen molar-refractivity contribution in [1.82, 2.24) is 15.1 Å². The highest BCUT2D eigenvalue weighted by molar-refractivity contribution is 6.34. The van der Waals surface area contributed by atoms with Gasteiger partial charge in [0.2, 0.25) is 5.91 Å². The van der Waals surface area contributed by atoms with Crippen LogP contribution >= 0.6 is 11.6 Å². The lowest BCUT2D eigenvalue weighted by atomic mass is 9.77. The molecule has 4 atom stereocenters. The number of phenolic OH excluding ortho intramolecular Hbond substituents is 2. The van der Waals surface area contributed by atoms with Crippen molar-refractivity contribution in [2.24, 2.45) is 11.8 Å². The Bertz CT molecular complexity index is 994. The van der Waals surface area contributed by atoms with Crippen LogP contribution in [-0.2, 0) is 9.59 Å². The predicted octanol–water partition coefficient (Wildman–Crippen LogP) is 0.609. The van der Waals surface area contributed by atoms with Gasteiger partial charge < -0.3 is 35.5 Å². The van der Waals surface area contributed by atoms with Gasteiger partial charge in [0, 0.05) is 31.6 Å². The van der Waals surface area contributed by atoms with E-state index in [1.807, 2.05) is 11.8 Å². The maximum absolute atomic E-state index is 12.4. The topological polar surface area (TPSA) is 151 Å². The average Bonchev–Trinajstić information content (AvgIpc) is 2.93. The monoisotopic (exact) mass is 467 g/mol. The number of aliphatic hydroxyl groups is 1. The number of nitrogens with one attached hydrogen (secondary N) is 1. The van der Waals surface area contributed by atoms with Crippen LogP contribution < -0.4 is 5.32 Å². The molecule has 0 aromatic heterocycles. The van der Waals surface area contributed by atoms with Gasteiger partial charge in [-0.3, -0.25) is 9.59 Å². The molecule has 1 saturated heterocycles. The Morgan fingerprint density at radius 2 is 1.91 bits per heavy atom. The van der Waals surface area contributed by atoms with Crippen LogP contribution in [0.5, 0.6) is 11.5 Å². The SMILES string of the molecule is C[C@H]1C(CN(C)CCNC(=O)c2cc(O)c(O)cc2Cl)=C(C(=O)O)N2C(=O)[C@H]([C@@H](C)O)C12. The zero-order valence-corrected chi connectivity index (χ0v) is 18.6. The molecule has 1 fully saturated rings. The minimum Gasteiger partial charge on any atom is -0.504 e. The summed E-state index contributed by atoms with van der Waals surface area (Å²) >= 11 is 5.94. The third-order valence-electron chi connectivity index (χ3n) is 6.05. The summed E-state index contributed by atoms with van der Waals surface area (Å²) in [6.45, 7) is 4.22. The van der Waals surface area contributed by atoms with Crippen LogP contribution in [0.1, 0.15) is 24.2 Å². The number of fused-ring (bicyclic) bond motifs is 1. The van der Waals surface area contributed by atoms with Gasteiger partial charge >= 0.3 is 5.97 Å². The number of hydrogen-bond donors (Lipinski definition) is 5. The Morgan fingerprint density at radius 3 is 2.50 bits per heavy atom. The maximum Gasteiger partial charge on any atom is 0.352 e. The molecule has 0 aliphatic carbocycles. The van der Waals surface area contributed by atoms with Crippen molar-refractivity contribution >= 4 is 29.4 Å². The van der Waals surface area contributed by atoms with E-state index in [1.165, 1.54) is 11.8 Å².